The van der Waals surface area contributed by atoms with E-state index in [2.05, 4.69) is 36.0 Å². The van der Waals surface area contributed by atoms with E-state index in [1.807, 2.05) is 12.1 Å². The van der Waals surface area contributed by atoms with Gasteiger partial charge in [-0.1, -0.05) is 31.9 Å². The monoisotopic (exact) mass is 291 g/mol. The van der Waals surface area contributed by atoms with Gasteiger partial charge in [-0.3, -0.25) is 0 Å². The Hall–Kier alpha value is -1.22. The van der Waals surface area contributed by atoms with Gasteiger partial charge in [-0.2, -0.15) is 0 Å². The van der Waals surface area contributed by atoms with Crippen molar-refractivity contribution in [1.82, 2.24) is 9.55 Å². The molecule has 0 radical (unpaired) electrons. The molecule has 4 heteroatoms. The van der Waals surface area contributed by atoms with Crippen LogP contribution in [0.3, 0.4) is 0 Å². The molecule has 1 aromatic carbocycles. The number of para-hydroxylation sites is 2. The zero-order valence-electron chi connectivity index (χ0n) is 12.2. The summed E-state index contributed by atoms with van der Waals surface area (Å²) in [6, 6.07) is 8.23. The van der Waals surface area contributed by atoms with Crippen molar-refractivity contribution in [2.75, 3.05) is 11.2 Å². The van der Waals surface area contributed by atoms with Crippen LogP contribution < -0.4 is 5.32 Å². The molecule has 3 nitrogen and oxygen atoms in total. The van der Waals surface area contributed by atoms with Gasteiger partial charge in [-0.15, -0.1) is 11.6 Å². The van der Waals surface area contributed by atoms with Crippen molar-refractivity contribution in [3.05, 3.63) is 24.3 Å². The number of halogens is 1. The fourth-order valence-corrected chi connectivity index (χ4v) is 3.73. The van der Waals surface area contributed by atoms with Crippen LogP contribution in [0.4, 0.5) is 5.95 Å². The van der Waals surface area contributed by atoms with Crippen molar-refractivity contribution < 1.29 is 0 Å². The van der Waals surface area contributed by atoms with E-state index in [9.17, 15) is 0 Å². The van der Waals surface area contributed by atoms with Gasteiger partial charge in [-0.05, 0) is 30.9 Å². The maximum Gasteiger partial charge on any atom is 0.204 e. The summed E-state index contributed by atoms with van der Waals surface area (Å²) in [4.78, 5) is 4.72. The van der Waals surface area contributed by atoms with Crippen molar-refractivity contribution in [3.63, 3.8) is 0 Å². The lowest BCUT2D eigenvalue weighted by molar-refractivity contribution is 0.278. The molecule has 1 aliphatic rings. The maximum atomic E-state index is 6.30. The summed E-state index contributed by atoms with van der Waals surface area (Å²) < 4.78 is 2.13. The Kier molecular flexibility index (Phi) is 3.63. The molecule has 0 spiro atoms. The first-order chi connectivity index (χ1) is 9.63. The number of alkyl halides is 1. The third-order valence-electron chi connectivity index (χ3n) is 4.51. The molecule has 0 amide bonds. The Morgan fingerprint density at radius 1 is 1.45 bits per heavy atom. The summed E-state index contributed by atoms with van der Waals surface area (Å²) in [5, 5.41) is 3.65. The van der Waals surface area contributed by atoms with Crippen molar-refractivity contribution in [2.24, 2.45) is 13.0 Å². The van der Waals surface area contributed by atoms with E-state index in [1.54, 1.807) is 0 Å². The minimum absolute atomic E-state index is 0.00560. The molecule has 1 fully saturated rings. The van der Waals surface area contributed by atoms with Gasteiger partial charge in [0.15, 0.2) is 0 Å². The molecule has 1 aromatic heterocycles. The Morgan fingerprint density at radius 2 is 2.25 bits per heavy atom. The van der Waals surface area contributed by atoms with E-state index in [-0.39, 0.29) is 5.54 Å². The number of hydrogen-bond donors (Lipinski definition) is 1. The summed E-state index contributed by atoms with van der Waals surface area (Å²) in [7, 11) is 2.06. The van der Waals surface area contributed by atoms with Gasteiger partial charge in [0.05, 0.1) is 16.6 Å². The highest BCUT2D eigenvalue weighted by molar-refractivity contribution is 6.18. The molecule has 0 bridgehead atoms. The topological polar surface area (TPSA) is 29.9 Å². The molecular formula is C16H22ClN3. The normalized spacial score (nSPS) is 26.9. The van der Waals surface area contributed by atoms with Gasteiger partial charge in [0, 0.05) is 12.9 Å². The number of aryl methyl sites for hydroxylation is 1. The maximum absolute atomic E-state index is 6.30. The Bertz CT molecular complexity index is 607. The molecule has 2 unspecified atom stereocenters. The fourth-order valence-electron chi connectivity index (χ4n) is 3.42. The van der Waals surface area contributed by atoms with Crippen molar-refractivity contribution in [3.8, 4) is 0 Å². The van der Waals surface area contributed by atoms with Crippen LogP contribution in [0.2, 0.25) is 0 Å². The summed E-state index contributed by atoms with van der Waals surface area (Å²) >= 11 is 6.30. The molecule has 3 rings (SSSR count). The SMILES string of the molecule is CC1CCCC(CCl)(Nc2nc3ccccc3n2C)C1. The second-order valence-corrected chi connectivity index (χ2v) is 6.49. The number of fused-ring (bicyclic) bond motifs is 1. The van der Waals surface area contributed by atoms with E-state index in [1.165, 1.54) is 12.8 Å². The van der Waals surface area contributed by atoms with Crippen LogP contribution in [-0.2, 0) is 7.05 Å². The Morgan fingerprint density at radius 3 is 2.95 bits per heavy atom. The second-order valence-electron chi connectivity index (χ2n) is 6.22. The van der Waals surface area contributed by atoms with Crippen molar-refractivity contribution in [2.45, 2.75) is 38.1 Å². The average Bonchev–Trinajstić information content (AvgIpc) is 2.76. The van der Waals surface area contributed by atoms with Crippen LogP contribution >= 0.6 is 11.6 Å². The number of rotatable bonds is 3. The highest BCUT2D eigenvalue weighted by atomic mass is 35.5. The minimum Gasteiger partial charge on any atom is -0.349 e. The number of hydrogen-bond acceptors (Lipinski definition) is 2. The lowest BCUT2D eigenvalue weighted by atomic mass is 9.77. The van der Waals surface area contributed by atoms with Crippen LogP contribution in [0, 0.1) is 5.92 Å². The highest BCUT2D eigenvalue weighted by Gasteiger charge is 2.35. The molecule has 1 heterocycles. The van der Waals surface area contributed by atoms with Gasteiger partial charge in [0.2, 0.25) is 5.95 Å². The molecule has 1 N–H and O–H groups in total. The zero-order chi connectivity index (χ0) is 14.2. The lowest BCUT2D eigenvalue weighted by Crippen LogP contribution is -2.45. The number of aromatic nitrogens is 2. The summed E-state index contributed by atoms with van der Waals surface area (Å²) in [6.45, 7) is 2.32. The van der Waals surface area contributed by atoms with Crippen molar-refractivity contribution in [1.29, 1.82) is 0 Å². The standard InChI is InChI=1S/C16H22ClN3/c1-12-6-5-9-16(10-12,11-17)19-15-18-13-7-3-4-8-14(13)20(15)2/h3-4,7-8,12H,5-6,9-11H2,1-2H3,(H,18,19). The summed E-state index contributed by atoms with van der Waals surface area (Å²) in [6.07, 6.45) is 4.80. The first kappa shape index (κ1) is 13.7. The van der Waals surface area contributed by atoms with Crippen LogP contribution in [0.15, 0.2) is 24.3 Å². The third-order valence-corrected chi connectivity index (χ3v) is 5.02. The molecule has 2 atom stereocenters. The van der Waals surface area contributed by atoms with Crippen LogP contribution in [0.5, 0.6) is 0 Å². The van der Waals surface area contributed by atoms with Crippen LogP contribution in [0.1, 0.15) is 32.6 Å². The minimum atomic E-state index is -0.00560. The molecule has 2 aromatic rings. The van der Waals surface area contributed by atoms with Gasteiger partial charge < -0.3 is 9.88 Å². The smallest absolute Gasteiger partial charge is 0.204 e. The zero-order valence-corrected chi connectivity index (χ0v) is 13.0. The molecule has 0 saturated heterocycles. The number of anilines is 1. The molecule has 0 aliphatic heterocycles. The summed E-state index contributed by atoms with van der Waals surface area (Å²) in [5.41, 5.74) is 2.18. The van der Waals surface area contributed by atoms with Gasteiger partial charge in [0.25, 0.3) is 0 Å². The quantitative estimate of drug-likeness (QED) is 0.860. The van der Waals surface area contributed by atoms with Crippen molar-refractivity contribution >= 4 is 28.6 Å². The fraction of sp³-hybridized carbons (Fsp3) is 0.562. The third kappa shape index (κ3) is 2.39. The van der Waals surface area contributed by atoms with Gasteiger partial charge in [-0.25, -0.2) is 4.98 Å². The van der Waals surface area contributed by atoms with Gasteiger partial charge >= 0.3 is 0 Å². The largest absolute Gasteiger partial charge is 0.349 e. The number of benzene rings is 1. The molecule has 1 aliphatic carbocycles. The van der Waals surface area contributed by atoms with E-state index < -0.39 is 0 Å². The highest BCUT2D eigenvalue weighted by Crippen LogP contribution is 2.36. The summed E-state index contributed by atoms with van der Waals surface area (Å²) in [5.74, 6) is 2.30. The molecule has 1 saturated carbocycles. The van der Waals surface area contributed by atoms with E-state index in [4.69, 9.17) is 16.6 Å². The molecule has 20 heavy (non-hydrogen) atoms. The van der Waals surface area contributed by atoms with E-state index >= 15 is 0 Å². The van der Waals surface area contributed by atoms with E-state index in [0.717, 1.165) is 35.7 Å². The van der Waals surface area contributed by atoms with Gasteiger partial charge in [0.1, 0.15) is 0 Å². The predicted octanol–water partition coefficient (Wildman–Crippen LogP) is 4.17. The molecular weight excluding hydrogens is 270 g/mol. The number of imidazole rings is 1. The second kappa shape index (κ2) is 5.28. The van der Waals surface area contributed by atoms with E-state index in [0.29, 0.717) is 5.88 Å². The number of nitrogens with zero attached hydrogens (tertiary/aromatic N) is 2. The number of nitrogens with one attached hydrogen (secondary N) is 1. The average molecular weight is 292 g/mol. The Labute approximate surface area is 125 Å². The predicted molar refractivity (Wildman–Crippen MR) is 85.4 cm³/mol. The molecule has 108 valence electrons. The van der Waals surface area contributed by atoms with Crippen LogP contribution in [0.25, 0.3) is 11.0 Å². The first-order valence-corrected chi connectivity index (χ1v) is 7.93. The Balaban J connectivity index is 1.93. The first-order valence-electron chi connectivity index (χ1n) is 7.39. The lowest BCUT2D eigenvalue weighted by Gasteiger charge is -2.39. The van der Waals surface area contributed by atoms with Crippen LogP contribution in [-0.4, -0.2) is 21.0 Å².